The Morgan fingerprint density at radius 3 is 2.80 bits per heavy atom. The smallest absolute Gasteiger partial charge is 0.0221 e. The Morgan fingerprint density at radius 2 is 2.20 bits per heavy atom. The lowest BCUT2D eigenvalue weighted by molar-refractivity contribution is 0.101. The summed E-state index contributed by atoms with van der Waals surface area (Å²) >= 11 is 2.06. The molecule has 0 aliphatic carbocycles. The molecule has 0 amide bonds. The van der Waals surface area contributed by atoms with Gasteiger partial charge in [0.15, 0.2) is 0 Å². The summed E-state index contributed by atoms with van der Waals surface area (Å²) in [6, 6.07) is 2.12. The van der Waals surface area contributed by atoms with Crippen LogP contribution in [0.2, 0.25) is 0 Å². The molecule has 0 radical (unpaired) electrons. The van der Waals surface area contributed by atoms with Gasteiger partial charge in [-0.3, -0.25) is 4.90 Å². The zero-order chi connectivity index (χ0) is 11.3. The van der Waals surface area contributed by atoms with Crippen molar-refractivity contribution < 1.29 is 0 Å². The summed E-state index contributed by atoms with van der Waals surface area (Å²) in [6.45, 7) is 11.6. The molecule has 2 nitrogen and oxygen atoms in total. The summed E-state index contributed by atoms with van der Waals surface area (Å²) in [5, 5.41) is 3.58. The van der Waals surface area contributed by atoms with E-state index in [2.05, 4.69) is 49.7 Å². The molecular weight excluding hydrogens is 204 g/mol. The summed E-state index contributed by atoms with van der Waals surface area (Å²) in [5.41, 5.74) is 0. The monoisotopic (exact) mass is 230 g/mol. The second kappa shape index (κ2) is 6.77. The summed E-state index contributed by atoms with van der Waals surface area (Å²) < 4.78 is 0. The van der Waals surface area contributed by atoms with Crippen molar-refractivity contribution in [3.63, 3.8) is 0 Å². The van der Waals surface area contributed by atoms with E-state index in [0.717, 1.165) is 12.1 Å². The molecule has 0 saturated carbocycles. The Bertz CT molecular complexity index is 175. The molecule has 1 fully saturated rings. The molecular formula is C12H26N2S. The van der Waals surface area contributed by atoms with Crippen LogP contribution in [0.1, 0.15) is 34.1 Å². The fourth-order valence-corrected chi connectivity index (χ4v) is 3.06. The van der Waals surface area contributed by atoms with Gasteiger partial charge in [0, 0.05) is 37.0 Å². The molecule has 3 unspecified atom stereocenters. The van der Waals surface area contributed by atoms with E-state index < -0.39 is 0 Å². The minimum Gasteiger partial charge on any atom is -0.311 e. The number of hydrogen-bond acceptors (Lipinski definition) is 3. The van der Waals surface area contributed by atoms with Gasteiger partial charge in [-0.1, -0.05) is 13.8 Å². The molecule has 0 spiro atoms. The van der Waals surface area contributed by atoms with Crippen molar-refractivity contribution in [1.29, 1.82) is 0 Å². The average molecular weight is 230 g/mol. The van der Waals surface area contributed by atoms with Crippen molar-refractivity contribution in [3.05, 3.63) is 0 Å². The molecule has 1 saturated heterocycles. The quantitative estimate of drug-likeness (QED) is 0.779. The molecule has 15 heavy (non-hydrogen) atoms. The first-order valence-corrected chi connectivity index (χ1v) is 7.41. The van der Waals surface area contributed by atoms with Crippen LogP contribution in [0.15, 0.2) is 0 Å². The number of nitrogens with zero attached hydrogens (tertiary/aromatic N) is 1. The zero-order valence-electron chi connectivity index (χ0n) is 10.6. The molecule has 0 aromatic heterocycles. The van der Waals surface area contributed by atoms with E-state index in [9.17, 15) is 0 Å². The van der Waals surface area contributed by atoms with E-state index in [-0.39, 0.29) is 0 Å². The Hall–Kier alpha value is 0.270. The van der Waals surface area contributed by atoms with Crippen LogP contribution >= 0.6 is 11.8 Å². The number of hydrogen-bond donors (Lipinski definition) is 1. The van der Waals surface area contributed by atoms with Crippen LogP contribution in [0.3, 0.4) is 0 Å². The molecule has 1 N–H and O–H groups in total. The highest BCUT2D eigenvalue weighted by molar-refractivity contribution is 7.99. The zero-order valence-corrected chi connectivity index (χ0v) is 11.4. The molecule has 3 atom stereocenters. The fourth-order valence-electron chi connectivity index (χ4n) is 2.29. The maximum Gasteiger partial charge on any atom is 0.0221 e. The Kier molecular flexibility index (Phi) is 6.02. The largest absolute Gasteiger partial charge is 0.311 e. The predicted octanol–water partition coefficient (Wildman–Crippen LogP) is 2.20. The number of piperazine rings is 1. The van der Waals surface area contributed by atoms with Crippen molar-refractivity contribution in [2.75, 3.05) is 24.6 Å². The molecule has 1 aliphatic heterocycles. The Balaban J connectivity index is 2.46. The van der Waals surface area contributed by atoms with E-state index in [1.54, 1.807) is 0 Å². The molecule has 1 aliphatic rings. The number of thioether (sulfide) groups is 1. The Morgan fingerprint density at radius 1 is 1.47 bits per heavy atom. The third-order valence-electron chi connectivity index (χ3n) is 3.26. The number of nitrogens with one attached hydrogen (secondary N) is 1. The standard InChI is InChI=1S/C12H26N2S/c1-5-12-7-13-10(3)8-14(12)11(4)9-15-6-2/h10-13H,5-9H2,1-4H3. The molecule has 0 aromatic carbocycles. The summed E-state index contributed by atoms with van der Waals surface area (Å²) in [6.07, 6.45) is 1.26. The van der Waals surface area contributed by atoms with Gasteiger partial charge in [0.25, 0.3) is 0 Å². The third-order valence-corrected chi connectivity index (χ3v) is 4.38. The van der Waals surface area contributed by atoms with Gasteiger partial charge in [-0.05, 0) is 26.0 Å². The van der Waals surface area contributed by atoms with Crippen LogP contribution in [-0.4, -0.2) is 47.6 Å². The van der Waals surface area contributed by atoms with E-state index in [1.807, 2.05) is 0 Å². The van der Waals surface area contributed by atoms with Crippen molar-refractivity contribution in [1.82, 2.24) is 10.2 Å². The van der Waals surface area contributed by atoms with Gasteiger partial charge in [0.05, 0.1) is 0 Å². The topological polar surface area (TPSA) is 15.3 Å². The second-order valence-corrected chi connectivity index (χ2v) is 5.90. The van der Waals surface area contributed by atoms with Crippen LogP contribution in [0.5, 0.6) is 0 Å². The van der Waals surface area contributed by atoms with Gasteiger partial charge in [-0.2, -0.15) is 11.8 Å². The van der Waals surface area contributed by atoms with Gasteiger partial charge in [-0.25, -0.2) is 0 Å². The van der Waals surface area contributed by atoms with Gasteiger partial charge in [-0.15, -0.1) is 0 Å². The van der Waals surface area contributed by atoms with Crippen molar-refractivity contribution >= 4 is 11.8 Å². The first-order valence-electron chi connectivity index (χ1n) is 6.25. The van der Waals surface area contributed by atoms with Crippen LogP contribution in [0, 0.1) is 0 Å². The van der Waals surface area contributed by atoms with Crippen molar-refractivity contribution in [3.8, 4) is 0 Å². The number of rotatable bonds is 5. The Labute approximate surface area is 99.2 Å². The lowest BCUT2D eigenvalue weighted by Crippen LogP contribution is -2.58. The van der Waals surface area contributed by atoms with Crippen LogP contribution in [0.4, 0.5) is 0 Å². The molecule has 1 rings (SSSR count). The van der Waals surface area contributed by atoms with Gasteiger partial charge < -0.3 is 5.32 Å². The SMILES string of the molecule is CCSCC(C)N1CC(C)NCC1CC. The summed E-state index contributed by atoms with van der Waals surface area (Å²) in [7, 11) is 0. The molecule has 0 aromatic rings. The molecule has 1 heterocycles. The molecule has 3 heteroatoms. The summed E-state index contributed by atoms with van der Waals surface area (Å²) in [4.78, 5) is 2.70. The van der Waals surface area contributed by atoms with E-state index in [0.29, 0.717) is 6.04 Å². The maximum absolute atomic E-state index is 3.58. The van der Waals surface area contributed by atoms with Crippen LogP contribution in [-0.2, 0) is 0 Å². The van der Waals surface area contributed by atoms with E-state index >= 15 is 0 Å². The third kappa shape index (κ3) is 3.97. The second-order valence-electron chi connectivity index (χ2n) is 4.58. The highest BCUT2D eigenvalue weighted by Crippen LogP contribution is 2.17. The minimum atomic E-state index is 0.655. The van der Waals surface area contributed by atoms with Gasteiger partial charge in [0.2, 0.25) is 0 Å². The lowest BCUT2D eigenvalue weighted by Gasteiger charge is -2.42. The van der Waals surface area contributed by atoms with Gasteiger partial charge in [0.1, 0.15) is 0 Å². The maximum atomic E-state index is 3.58. The average Bonchev–Trinajstić information content (AvgIpc) is 2.25. The molecule has 90 valence electrons. The molecule has 0 bridgehead atoms. The lowest BCUT2D eigenvalue weighted by atomic mass is 10.1. The highest BCUT2D eigenvalue weighted by Gasteiger charge is 2.27. The minimum absolute atomic E-state index is 0.655. The first kappa shape index (κ1) is 13.3. The van der Waals surface area contributed by atoms with E-state index in [4.69, 9.17) is 0 Å². The van der Waals surface area contributed by atoms with Crippen molar-refractivity contribution in [2.45, 2.75) is 52.2 Å². The fraction of sp³-hybridized carbons (Fsp3) is 1.00. The van der Waals surface area contributed by atoms with Crippen molar-refractivity contribution in [2.24, 2.45) is 0 Å². The highest BCUT2D eigenvalue weighted by atomic mass is 32.2. The van der Waals surface area contributed by atoms with Gasteiger partial charge >= 0.3 is 0 Å². The normalized spacial score (nSPS) is 30.4. The van der Waals surface area contributed by atoms with Crippen LogP contribution < -0.4 is 5.32 Å². The van der Waals surface area contributed by atoms with Crippen LogP contribution in [0.25, 0.3) is 0 Å². The van der Waals surface area contributed by atoms with E-state index in [1.165, 1.54) is 31.0 Å². The summed E-state index contributed by atoms with van der Waals surface area (Å²) in [5.74, 6) is 2.52. The predicted molar refractivity (Wildman–Crippen MR) is 70.7 cm³/mol. The first-order chi connectivity index (χ1) is 7.19.